The summed E-state index contributed by atoms with van der Waals surface area (Å²) in [4.78, 5) is 0. The van der Waals surface area contributed by atoms with Crippen LogP contribution in [0.5, 0.6) is 23.0 Å². The zero-order chi connectivity index (χ0) is 17.1. The van der Waals surface area contributed by atoms with Crippen molar-refractivity contribution in [2.24, 2.45) is 0 Å². The van der Waals surface area contributed by atoms with Gasteiger partial charge in [0.2, 0.25) is 0 Å². The minimum atomic E-state index is -4.75. The smallest absolute Gasteiger partial charge is 0.500 e. The summed E-state index contributed by atoms with van der Waals surface area (Å²) in [6, 6.07) is 9.51. The first-order valence-corrected chi connectivity index (χ1v) is 8.53. The van der Waals surface area contributed by atoms with Gasteiger partial charge in [0.1, 0.15) is 23.0 Å². The van der Waals surface area contributed by atoms with Crippen LogP contribution in [0.4, 0.5) is 0 Å². The van der Waals surface area contributed by atoms with E-state index in [4.69, 9.17) is 4.55 Å². The Balaban J connectivity index is 2.16. The summed E-state index contributed by atoms with van der Waals surface area (Å²) in [6.07, 6.45) is 0. The van der Waals surface area contributed by atoms with E-state index in [0.717, 1.165) is 18.2 Å². The van der Waals surface area contributed by atoms with Crippen molar-refractivity contribution in [3.63, 3.8) is 0 Å². The van der Waals surface area contributed by atoms with Gasteiger partial charge in [-0.3, -0.25) is 4.55 Å². The summed E-state index contributed by atoms with van der Waals surface area (Å²) < 4.78 is 66.6. The molecule has 0 atom stereocenters. The van der Waals surface area contributed by atoms with Gasteiger partial charge in [0.05, 0.1) is 0 Å². The largest absolute Gasteiger partial charge is 0.508 e. The van der Waals surface area contributed by atoms with Gasteiger partial charge < -0.3 is 17.7 Å². The number of rotatable bonds is 6. The summed E-state index contributed by atoms with van der Waals surface area (Å²) in [5, 5.41) is 9.23. The zero-order valence-electron chi connectivity index (χ0n) is 11.2. The molecule has 0 aliphatic rings. The monoisotopic (exact) mass is 362 g/mol. The highest BCUT2D eigenvalue weighted by molar-refractivity contribution is 7.82. The number of hydrogen-bond acceptors (Lipinski definition) is 8. The van der Waals surface area contributed by atoms with Crippen molar-refractivity contribution in [3.8, 4) is 23.0 Å². The molecule has 0 fully saturated rings. The van der Waals surface area contributed by atoms with Crippen LogP contribution >= 0.6 is 0 Å². The van der Waals surface area contributed by atoms with Crippen molar-refractivity contribution in [1.29, 1.82) is 0 Å². The van der Waals surface area contributed by atoms with Crippen molar-refractivity contribution in [2.75, 3.05) is 0 Å². The lowest BCUT2D eigenvalue weighted by Crippen LogP contribution is -2.16. The molecule has 0 unspecified atom stereocenters. The standard InChI is InChI=1S/C12H10O9S2/c13-9-3-1-4-10(7-9)20-23(17,18)21-12-6-2-5-11(8-12)19-22(14,15)16/h1-8,13H,(H,14,15,16). The maximum absolute atomic E-state index is 11.7. The Bertz CT molecular complexity index is 904. The molecule has 0 bridgehead atoms. The summed E-state index contributed by atoms with van der Waals surface area (Å²) in [6.45, 7) is 0. The lowest BCUT2D eigenvalue weighted by molar-refractivity contribution is 0.383. The quantitative estimate of drug-likeness (QED) is 0.728. The lowest BCUT2D eigenvalue weighted by Gasteiger charge is -2.09. The molecular weight excluding hydrogens is 352 g/mol. The van der Waals surface area contributed by atoms with Gasteiger partial charge in [-0.2, -0.15) is 8.42 Å². The fourth-order valence-corrected chi connectivity index (χ4v) is 2.55. The fourth-order valence-electron chi connectivity index (χ4n) is 1.49. The number of benzene rings is 2. The Morgan fingerprint density at radius 2 is 1.22 bits per heavy atom. The molecule has 0 aromatic heterocycles. The average molecular weight is 362 g/mol. The Hall–Kier alpha value is -2.50. The molecule has 9 nitrogen and oxygen atoms in total. The van der Waals surface area contributed by atoms with E-state index in [-0.39, 0.29) is 23.0 Å². The third-order valence-electron chi connectivity index (χ3n) is 2.22. The average Bonchev–Trinajstić information content (AvgIpc) is 2.35. The van der Waals surface area contributed by atoms with E-state index >= 15 is 0 Å². The van der Waals surface area contributed by atoms with Crippen LogP contribution in [0.25, 0.3) is 0 Å². The van der Waals surface area contributed by atoms with Crippen LogP contribution in [0.2, 0.25) is 0 Å². The molecule has 0 aliphatic heterocycles. The molecule has 23 heavy (non-hydrogen) atoms. The lowest BCUT2D eigenvalue weighted by atomic mass is 10.3. The van der Waals surface area contributed by atoms with Crippen LogP contribution in [0.15, 0.2) is 48.5 Å². The van der Waals surface area contributed by atoms with Crippen LogP contribution in [0.1, 0.15) is 0 Å². The van der Waals surface area contributed by atoms with Crippen LogP contribution in [-0.2, 0) is 20.8 Å². The molecular formula is C12H10O9S2. The molecule has 0 saturated heterocycles. The third-order valence-corrected chi connectivity index (χ3v) is 3.42. The van der Waals surface area contributed by atoms with Crippen LogP contribution in [0.3, 0.4) is 0 Å². The second-order valence-corrected chi connectivity index (χ2v) is 6.23. The third kappa shape index (κ3) is 5.65. The first kappa shape index (κ1) is 16.9. The molecule has 2 aromatic carbocycles. The second-order valence-electron chi connectivity index (χ2n) is 4.06. The Morgan fingerprint density at radius 1 is 0.739 bits per heavy atom. The van der Waals surface area contributed by atoms with Gasteiger partial charge in [0.15, 0.2) is 0 Å². The molecule has 11 heteroatoms. The van der Waals surface area contributed by atoms with E-state index in [1.165, 1.54) is 30.3 Å². The summed E-state index contributed by atoms with van der Waals surface area (Å²) in [5.74, 6) is -1.07. The molecule has 0 saturated carbocycles. The van der Waals surface area contributed by atoms with Gasteiger partial charge in [-0.15, -0.1) is 8.42 Å². The van der Waals surface area contributed by atoms with E-state index in [9.17, 15) is 21.9 Å². The Kier molecular flexibility index (Phi) is 4.63. The SMILES string of the molecule is O=S(=O)(O)Oc1cccc(OS(=O)(=O)Oc2cccc(O)c2)c1. The highest BCUT2D eigenvalue weighted by atomic mass is 32.3. The topological polar surface area (TPSA) is 136 Å². The van der Waals surface area contributed by atoms with Gasteiger partial charge in [-0.05, 0) is 24.3 Å². The summed E-state index contributed by atoms with van der Waals surface area (Å²) >= 11 is 0. The van der Waals surface area contributed by atoms with Gasteiger partial charge in [0.25, 0.3) is 0 Å². The van der Waals surface area contributed by atoms with Gasteiger partial charge in [-0.25, -0.2) is 0 Å². The maximum atomic E-state index is 11.7. The van der Waals surface area contributed by atoms with Crippen molar-refractivity contribution in [2.45, 2.75) is 0 Å². The van der Waals surface area contributed by atoms with Gasteiger partial charge in [0, 0.05) is 12.1 Å². The van der Waals surface area contributed by atoms with E-state index in [0.29, 0.717) is 0 Å². The predicted molar refractivity (Wildman–Crippen MR) is 76.9 cm³/mol. The molecule has 2 aromatic rings. The van der Waals surface area contributed by atoms with Crippen molar-refractivity contribution in [1.82, 2.24) is 0 Å². The van der Waals surface area contributed by atoms with E-state index < -0.39 is 20.8 Å². The van der Waals surface area contributed by atoms with Gasteiger partial charge in [-0.1, -0.05) is 12.1 Å². The van der Waals surface area contributed by atoms with Crippen molar-refractivity contribution in [3.05, 3.63) is 48.5 Å². The molecule has 2 rings (SSSR count). The minimum absolute atomic E-state index is 0.185. The molecule has 0 heterocycles. The van der Waals surface area contributed by atoms with Crippen LogP contribution < -0.4 is 12.5 Å². The van der Waals surface area contributed by atoms with Gasteiger partial charge >= 0.3 is 20.8 Å². The molecule has 0 amide bonds. The first-order valence-electron chi connectivity index (χ1n) is 5.83. The number of phenolic OH excluding ortho intramolecular Hbond substituents is 1. The van der Waals surface area contributed by atoms with Crippen molar-refractivity contribution < 1.29 is 39.0 Å². The highest BCUT2D eigenvalue weighted by Gasteiger charge is 2.17. The van der Waals surface area contributed by atoms with E-state index in [1.807, 2.05) is 0 Å². The summed E-state index contributed by atoms with van der Waals surface area (Å²) in [7, 11) is -9.30. The summed E-state index contributed by atoms with van der Waals surface area (Å²) in [5.41, 5.74) is 0. The highest BCUT2D eigenvalue weighted by Crippen LogP contribution is 2.24. The fraction of sp³-hybridized carbons (Fsp3) is 0. The predicted octanol–water partition coefficient (Wildman–Crippen LogP) is 1.28. The maximum Gasteiger partial charge on any atom is 0.500 e. The normalized spacial score (nSPS) is 11.7. The number of hydrogen-bond donors (Lipinski definition) is 2. The second kappa shape index (κ2) is 6.32. The van der Waals surface area contributed by atoms with Crippen LogP contribution in [0, 0.1) is 0 Å². The van der Waals surface area contributed by atoms with Crippen molar-refractivity contribution >= 4 is 20.8 Å². The van der Waals surface area contributed by atoms with E-state index in [1.54, 1.807) is 0 Å². The molecule has 0 spiro atoms. The first-order chi connectivity index (χ1) is 10.6. The number of aromatic hydroxyl groups is 1. The van der Waals surface area contributed by atoms with E-state index in [2.05, 4.69) is 12.5 Å². The molecule has 124 valence electrons. The Labute approximate surface area is 132 Å². The van der Waals surface area contributed by atoms with Crippen LogP contribution in [-0.4, -0.2) is 26.5 Å². The number of phenols is 1. The molecule has 2 N–H and O–H groups in total. The Morgan fingerprint density at radius 3 is 1.74 bits per heavy atom. The minimum Gasteiger partial charge on any atom is -0.508 e. The zero-order valence-corrected chi connectivity index (χ0v) is 12.8. The molecule has 0 aliphatic carbocycles. The molecule has 0 radical (unpaired) electrons.